The molecule has 1 unspecified atom stereocenters. The van der Waals surface area contributed by atoms with Gasteiger partial charge in [-0.15, -0.1) is 0 Å². The normalized spacial score (nSPS) is 23.3. The van der Waals surface area contributed by atoms with E-state index in [-0.39, 0.29) is 17.4 Å². The minimum absolute atomic E-state index is 0.110. The van der Waals surface area contributed by atoms with Gasteiger partial charge in [-0.2, -0.15) is 0 Å². The molecule has 19 heavy (non-hydrogen) atoms. The lowest BCUT2D eigenvalue weighted by Gasteiger charge is -2.42. The molecule has 1 saturated heterocycles. The van der Waals surface area contributed by atoms with Gasteiger partial charge in [-0.3, -0.25) is 9.69 Å². The minimum Gasteiger partial charge on any atom is -0.342 e. The summed E-state index contributed by atoms with van der Waals surface area (Å²) in [6.45, 7) is 12.8. The van der Waals surface area contributed by atoms with Crippen LogP contribution >= 0.6 is 0 Å². The van der Waals surface area contributed by atoms with Crippen molar-refractivity contribution in [3.8, 4) is 0 Å². The highest BCUT2D eigenvalue weighted by atomic mass is 16.2. The van der Waals surface area contributed by atoms with Crippen molar-refractivity contribution in [3.63, 3.8) is 0 Å². The number of amides is 1. The van der Waals surface area contributed by atoms with Gasteiger partial charge in [-0.1, -0.05) is 27.7 Å². The van der Waals surface area contributed by atoms with Crippen molar-refractivity contribution in [1.29, 1.82) is 0 Å². The molecule has 0 aromatic heterocycles. The summed E-state index contributed by atoms with van der Waals surface area (Å²) >= 11 is 0. The minimum atomic E-state index is 0.110. The molecule has 0 radical (unpaired) electrons. The average molecular weight is 269 g/mol. The zero-order chi connectivity index (χ0) is 14.5. The topological polar surface area (TPSA) is 49.6 Å². The first-order chi connectivity index (χ1) is 8.90. The van der Waals surface area contributed by atoms with E-state index in [4.69, 9.17) is 5.73 Å². The van der Waals surface area contributed by atoms with E-state index in [9.17, 15) is 4.79 Å². The number of piperidine rings is 1. The Morgan fingerprint density at radius 1 is 1.32 bits per heavy atom. The van der Waals surface area contributed by atoms with Gasteiger partial charge >= 0.3 is 0 Å². The predicted octanol–water partition coefficient (Wildman–Crippen LogP) is 1.69. The summed E-state index contributed by atoms with van der Waals surface area (Å²) in [5, 5.41) is 0. The second kappa shape index (κ2) is 7.25. The monoisotopic (exact) mass is 269 g/mol. The number of rotatable bonds is 6. The first-order valence-corrected chi connectivity index (χ1v) is 7.66. The highest BCUT2D eigenvalue weighted by molar-refractivity contribution is 5.78. The van der Waals surface area contributed by atoms with Crippen LogP contribution in [-0.2, 0) is 4.79 Å². The van der Waals surface area contributed by atoms with Crippen LogP contribution in [0.3, 0.4) is 0 Å². The van der Waals surface area contributed by atoms with E-state index in [1.807, 2.05) is 4.90 Å². The Morgan fingerprint density at radius 3 is 2.37 bits per heavy atom. The molecule has 1 heterocycles. The van der Waals surface area contributed by atoms with Crippen molar-refractivity contribution < 1.29 is 4.79 Å². The molecular weight excluding hydrogens is 238 g/mol. The maximum atomic E-state index is 12.3. The second-order valence-electron chi connectivity index (χ2n) is 6.48. The Bertz CT molecular complexity index is 285. The van der Waals surface area contributed by atoms with Gasteiger partial charge in [0.25, 0.3) is 0 Å². The van der Waals surface area contributed by atoms with E-state index < -0.39 is 0 Å². The largest absolute Gasteiger partial charge is 0.342 e. The number of likely N-dealkylation sites (tertiary alicyclic amines) is 1. The Balaban J connectivity index is 2.51. The first-order valence-electron chi connectivity index (χ1n) is 7.66. The zero-order valence-corrected chi connectivity index (χ0v) is 13.1. The Morgan fingerprint density at radius 2 is 1.89 bits per heavy atom. The van der Waals surface area contributed by atoms with Gasteiger partial charge in [0.1, 0.15) is 0 Å². The van der Waals surface area contributed by atoms with Crippen LogP contribution in [0.15, 0.2) is 0 Å². The van der Waals surface area contributed by atoms with Crippen LogP contribution < -0.4 is 5.73 Å². The van der Waals surface area contributed by atoms with Crippen molar-refractivity contribution in [1.82, 2.24) is 9.80 Å². The van der Waals surface area contributed by atoms with Crippen molar-refractivity contribution in [2.45, 2.75) is 53.0 Å². The number of hydrogen-bond acceptors (Lipinski definition) is 3. The molecule has 0 aromatic rings. The summed E-state index contributed by atoms with van der Waals surface area (Å²) in [5.41, 5.74) is 6.25. The van der Waals surface area contributed by atoms with Crippen LogP contribution in [0.5, 0.6) is 0 Å². The molecule has 0 spiro atoms. The van der Waals surface area contributed by atoms with E-state index >= 15 is 0 Å². The van der Waals surface area contributed by atoms with Crippen LogP contribution in [0.4, 0.5) is 0 Å². The van der Waals surface area contributed by atoms with Crippen molar-refractivity contribution in [3.05, 3.63) is 0 Å². The van der Waals surface area contributed by atoms with Crippen LogP contribution in [0.2, 0.25) is 0 Å². The number of carbonyl (C=O) groups is 1. The molecule has 4 nitrogen and oxygen atoms in total. The molecule has 4 heteroatoms. The average Bonchev–Trinajstić information content (AvgIpc) is 2.33. The number of nitrogens with two attached hydrogens (primary N) is 1. The molecular formula is C15H31N3O. The Hall–Kier alpha value is -0.610. The molecule has 1 aliphatic rings. The quantitative estimate of drug-likeness (QED) is 0.798. The third-order valence-corrected chi connectivity index (χ3v) is 4.09. The molecule has 1 rings (SSSR count). The van der Waals surface area contributed by atoms with Gasteiger partial charge in [0.05, 0.1) is 6.54 Å². The fourth-order valence-electron chi connectivity index (χ4n) is 2.81. The van der Waals surface area contributed by atoms with Gasteiger partial charge in [0, 0.05) is 32.2 Å². The van der Waals surface area contributed by atoms with E-state index in [0.717, 1.165) is 45.4 Å². The molecule has 0 bridgehead atoms. The maximum Gasteiger partial charge on any atom is 0.236 e. The van der Waals surface area contributed by atoms with Crippen molar-refractivity contribution in [2.75, 3.05) is 32.7 Å². The molecule has 0 saturated carbocycles. The van der Waals surface area contributed by atoms with Crippen LogP contribution in [0.1, 0.15) is 47.0 Å². The molecule has 0 aliphatic carbocycles. The lowest BCUT2D eigenvalue weighted by molar-refractivity contribution is -0.133. The second-order valence-corrected chi connectivity index (χ2v) is 6.48. The fraction of sp³-hybridized carbons (Fsp3) is 0.933. The van der Waals surface area contributed by atoms with Gasteiger partial charge in [0.2, 0.25) is 5.91 Å². The lowest BCUT2D eigenvalue weighted by Crippen LogP contribution is -2.54. The van der Waals surface area contributed by atoms with E-state index in [0.29, 0.717) is 6.54 Å². The molecule has 2 N–H and O–H groups in total. The van der Waals surface area contributed by atoms with E-state index in [2.05, 4.69) is 32.6 Å². The number of carbonyl (C=O) groups excluding carboxylic acids is 1. The molecule has 1 amide bonds. The van der Waals surface area contributed by atoms with E-state index in [1.165, 1.54) is 0 Å². The van der Waals surface area contributed by atoms with Crippen LogP contribution in [-0.4, -0.2) is 54.5 Å². The van der Waals surface area contributed by atoms with Crippen LogP contribution in [0, 0.1) is 5.41 Å². The third kappa shape index (κ3) is 4.77. The zero-order valence-electron chi connectivity index (χ0n) is 13.1. The maximum absolute atomic E-state index is 12.3. The summed E-state index contributed by atoms with van der Waals surface area (Å²) in [6.07, 6.45) is 3.05. The first kappa shape index (κ1) is 16.4. The van der Waals surface area contributed by atoms with Crippen LogP contribution in [0.25, 0.3) is 0 Å². The SMILES string of the molecule is CCCN(CCC)C(=O)CN1CCC(N)C(C)(C)C1. The molecule has 1 aliphatic heterocycles. The predicted molar refractivity (Wildman–Crippen MR) is 80.0 cm³/mol. The number of hydrogen-bond donors (Lipinski definition) is 1. The lowest BCUT2D eigenvalue weighted by atomic mass is 9.80. The molecule has 1 atom stereocenters. The fourth-order valence-corrected chi connectivity index (χ4v) is 2.81. The Kier molecular flexibility index (Phi) is 6.27. The summed E-state index contributed by atoms with van der Waals surface area (Å²) in [6, 6.07) is 0.251. The molecule has 112 valence electrons. The standard InChI is InChI=1S/C15H31N3O/c1-5-8-18(9-6-2)14(19)11-17-10-7-13(16)15(3,4)12-17/h13H,5-12,16H2,1-4H3. The van der Waals surface area contributed by atoms with Gasteiger partial charge in [-0.05, 0) is 24.7 Å². The highest BCUT2D eigenvalue weighted by Gasteiger charge is 2.34. The summed E-state index contributed by atoms with van der Waals surface area (Å²) in [7, 11) is 0. The van der Waals surface area contributed by atoms with Crippen molar-refractivity contribution >= 4 is 5.91 Å². The van der Waals surface area contributed by atoms with Crippen molar-refractivity contribution in [2.24, 2.45) is 11.1 Å². The van der Waals surface area contributed by atoms with Gasteiger partial charge < -0.3 is 10.6 Å². The Labute approximate surface area is 118 Å². The number of nitrogens with zero attached hydrogens (tertiary/aromatic N) is 2. The summed E-state index contributed by atoms with van der Waals surface area (Å²) in [4.78, 5) is 16.6. The van der Waals surface area contributed by atoms with Gasteiger partial charge in [0.15, 0.2) is 0 Å². The summed E-state index contributed by atoms with van der Waals surface area (Å²) < 4.78 is 0. The highest BCUT2D eigenvalue weighted by Crippen LogP contribution is 2.27. The smallest absolute Gasteiger partial charge is 0.236 e. The summed E-state index contributed by atoms with van der Waals surface area (Å²) in [5.74, 6) is 0.273. The molecule has 0 aromatic carbocycles. The van der Waals surface area contributed by atoms with E-state index in [1.54, 1.807) is 0 Å². The third-order valence-electron chi connectivity index (χ3n) is 4.09. The van der Waals surface area contributed by atoms with Gasteiger partial charge in [-0.25, -0.2) is 0 Å². The molecule has 1 fully saturated rings.